The number of carbonyl (C=O) groups excluding carboxylic acids is 2. The van der Waals surface area contributed by atoms with Crippen LogP contribution in [0.5, 0.6) is 0 Å². The molecule has 0 unspecified atom stereocenters. The van der Waals surface area contributed by atoms with E-state index in [9.17, 15) is 9.59 Å². The lowest BCUT2D eigenvalue weighted by molar-refractivity contribution is -0.148. The number of halogens is 1. The lowest BCUT2D eigenvalue weighted by Gasteiger charge is -2.55. The number of amides is 2. The molecule has 4 aliphatic rings. The highest BCUT2D eigenvalue weighted by atomic mass is 79.9. The van der Waals surface area contributed by atoms with Crippen molar-refractivity contribution in [1.29, 1.82) is 0 Å². The minimum absolute atomic E-state index is 0.0357. The second kappa shape index (κ2) is 6.95. The zero-order chi connectivity index (χ0) is 17.4. The van der Waals surface area contributed by atoms with Crippen molar-refractivity contribution in [2.24, 2.45) is 23.2 Å². The molecular formula is C19H23BrN2O2S. The summed E-state index contributed by atoms with van der Waals surface area (Å²) in [4.78, 5) is 25.9. The molecule has 0 saturated heterocycles. The topological polar surface area (TPSA) is 58.2 Å². The Bertz CT molecular complexity index is 641. The van der Waals surface area contributed by atoms with Gasteiger partial charge in [0, 0.05) is 9.37 Å². The summed E-state index contributed by atoms with van der Waals surface area (Å²) in [5.74, 6) is 2.34. The van der Waals surface area contributed by atoms with Crippen molar-refractivity contribution >= 4 is 39.5 Å². The zero-order valence-electron chi connectivity index (χ0n) is 14.1. The van der Waals surface area contributed by atoms with Crippen molar-refractivity contribution < 1.29 is 9.59 Å². The molecule has 0 spiro atoms. The van der Waals surface area contributed by atoms with Gasteiger partial charge in [0.05, 0.1) is 11.2 Å². The number of nitrogens with one attached hydrogen (secondary N) is 2. The number of benzene rings is 1. The van der Waals surface area contributed by atoms with Crippen molar-refractivity contribution in [1.82, 2.24) is 10.9 Å². The highest BCUT2D eigenvalue weighted by Crippen LogP contribution is 2.60. The van der Waals surface area contributed by atoms with E-state index in [-0.39, 0.29) is 17.2 Å². The van der Waals surface area contributed by atoms with E-state index >= 15 is 0 Å². The van der Waals surface area contributed by atoms with Gasteiger partial charge in [-0.05, 0) is 80.5 Å². The van der Waals surface area contributed by atoms with E-state index in [2.05, 4.69) is 26.8 Å². The third-order valence-corrected chi connectivity index (χ3v) is 7.56. The number of hydrogen-bond donors (Lipinski definition) is 2. The Morgan fingerprint density at radius 3 is 2.12 bits per heavy atom. The smallest absolute Gasteiger partial charge is 0.248 e. The predicted molar refractivity (Wildman–Crippen MR) is 102 cm³/mol. The first-order valence-corrected chi connectivity index (χ1v) is 10.8. The van der Waals surface area contributed by atoms with Crippen LogP contribution in [-0.2, 0) is 9.59 Å². The number of rotatable bonds is 4. The third-order valence-electron chi connectivity index (χ3n) is 6.02. The monoisotopic (exact) mass is 422 g/mol. The Morgan fingerprint density at radius 1 is 1.00 bits per heavy atom. The normalized spacial score (nSPS) is 32.4. The molecule has 4 saturated carbocycles. The lowest BCUT2D eigenvalue weighted by Crippen LogP contribution is -2.56. The van der Waals surface area contributed by atoms with Gasteiger partial charge in [-0.1, -0.05) is 15.9 Å². The van der Waals surface area contributed by atoms with Crippen molar-refractivity contribution in [3.05, 3.63) is 28.7 Å². The first-order chi connectivity index (χ1) is 12.0. The maximum absolute atomic E-state index is 12.8. The van der Waals surface area contributed by atoms with E-state index in [0.29, 0.717) is 5.75 Å². The van der Waals surface area contributed by atoms with Crippen molar-refractivity contribution in [2.75, 3.05) is 5.75 Å². The maximum Gasteiger partial charge on any atom is 0.248 e. The van der Waals surface area contributed by atoms with E-state index in [1.807, 2.05) is 24.3 Å². The Morgan fingerprint density at radius 2 is 1.56 bits per heavy atom. The Hall–Kier alpha value is -1.01. The molecule has 6 heteroatoms. The predicted octanol–water partition coefficient (Wildman–Crippen LogP) is 3.91. The Labute approximate surface area is 161 Å². The summed E-state index contributed by atoms with van der Waals surface area (Å²) < 4.78 is 1.02. The van der Waals surface area contributed by atoms with Crippen molar-refractivity contribution in [3.63, 3.8) is 0 Å². The largest absolute Gasteiger partial charge is 0.273 e. The zero-order valence-corrected chi connectivity index (χ0v) is 16.5. The van der Waals surface area contributed by atoms with Crippen LogP contribution in [0.1, 0.15) is 38.5 Å². The molecule has 0 heterocycles. The minimum atomic E-state index is -0.221. The summed E-state index contributed by atoms with van der Waals surface area (Å²) in [6, 6.07) is 7.84. The average Bonchev–Trinajstić information content (AvgIpc) is 2.58. The summed E-state index contributed by atoms with van der Waals surface area (Å²) in [5, 5.41) is 0. The molecule has 4 nitrogen and oxygen atoms in total. The fourth-order valence-electron chi connectivity index (χ4n) is 5.36. The van der Waals surface area contributed by atoms with E-state index in [4.69, 9.17) is 0 Å². The Balaban J connectivity index is 1.27. The van der Waals surface area contributed by atoms with E-state index < -0.39 is 0 Å². The van der Waals surface area contributed by atoms with Gasteiger partial charge in [-0.25, -0.2) is 0 Å². The van der Waals surface area contributed by atoms with E-state index in [0.717, 1.165) is 46.4 Å². The molecule has 134 valence electrons. The highest BCUT2D eigenvalue weighted by molar-refractivity contribution is 9.10. The van der Waals surface area contributed by atoms with Crippen LogP contribution < -0.4 is 10.9 Å². The standard InChI is InChI=1S/C19H23BrN2O2S/c20-15-1-3-16(4-2-15)25-11-17(23)21-22-18(24)19-8-12-5-13(9-19)7-14(6-12)10-19/h1-4,12-14H,5-11H2,(H,21,23)(H,22,24). The summed E-state index contributed by atoms with van der Waals surface area (Å²) in [5.41, 5.74) is 5.12. The quantitative estimate of drug-likeness (QED) is 0.571. The van der Waals surface area contributed by atoms with Gasteiger partial charge in [0.1, 0.15) is 0 Å². The second-order valence-corrected chi connectivity index (χ2v) is 9.91. The Kier molecular flexibility index (Phi) is 4.84. The van der Waals surface area contributed by atoms with E-state index in [1.165, 1.54) is 31.0 Å². The first-order valence-electron chi connectivity index (χ1n) is 9.00. The molecule has 4 bridgehead atoms. The fourth-order valence-corrected chi connectivity index (χ4v) is 6.33. The minimum Gasteiger partial charge on any atom is -0.273 e. The van der Waals surface area contributed by atoms with Crippen LogP contribution >= 0.6 is 27.7 Å². The van der Waals surface area contributed by atoms with Crippen molar-refractivity contribution in [3.8, 4) is 0 Å². The molecule has 0 radical (unpaired) electrons. The molecule has 25 heavy (non-hydrogen) atoms. The molecule has 1 aromatic rings. The van der Waals surface area contributed by atoms with Crippen LogP contribution in [-0.4, -0.2) is 17.6 Å². The molecule has 4 fully saturated rings. The highest BCUT2D eigenvalue weighted by Gasteiger charge is 2.54. The van der Waals surface area contributed by atoms with Gasteiger partial charge in [-0.3, -0.25) is 20.4 Å². The maximum atomic E-state index is 12.8. The van der Waals surface area contributed by atoms with Gasteiger partial charge < -0.3 is 0 Å². The van der Waals surface area contributed by atoms with Crippen LogP contribution in [0, 0.1) is 23.2 Å². The molecule has 0 aliphatic heterocycles. The summed E-state index contributed by atoms with van der Waals surface area (Å²) in [6.45, 7) is 0. The van der Waals surface area contributed by atoms with Crippen LogP contribution in [0.3, 0.4) is 0 Å². The fraction of sp³-hybridized carbons (Fsp3) is 0.579. The third kappa shape index (κ3) is 3.75. The number of carbonyl (C=O) groups is 2. The van der Waals surface area contributed by atoms with Gasteiger partial charge in [0.2, 0.25) is 11.8 Å². The van der Waals surface area contributed by atoms with Gasteiger partial charge in [0.25, 0.3) is 0 Å². The summed E-state index contributed by atoms with van der Waals surface area (Å²) in [6.07, 6.45) is 6.95. The van der Waals surface area contributed by atoms with Crippen LogP contribution in [0.2, 0.25) is 0 Å². The first kappa shape index (κ1) is 17.4. The van der Waals surface area contributed by atoms with Gasteiger partial charge in [-0.2, -0.15) is 0 Å². The van der Waals surface area contributed by atoms with Gasteiger partial charge in [-0.15, -0.1) is 11.8 Å². The van der Waals surface area contributed by atoms with Crippen LogP contribution in [0.4, 0.5) is 0 Å². The molecule has 1 aromatic carbocycles. The molecule has 0 atom stereocenters. The summed E-state index contributed by atoms with van der Waals surface area (Å²) in [7, 11) is 0. The molecule has 2 amide bonds. The molecule has 4 aliphatic carbocycles. The van der Waals surface area contributed by atoms with E-state index in [1.54, 1.807) is 0 Å². The number of hydrazine groups is 1. The number of hydrogen-bond acceptors (Lipinski definition) is 3. The SMILES string of the molecule is O=C(CSc1ccc(Br)cc1)NNC(=O)C12CC3CC(CC(C3)C1)C2. The molecule has 5 rings (SSSR count). The molecule has 2 N–H and O–H groups in total. The second-order valence-electron chi connectivity index (χ2n) is 7.94. The lowest BCUT2D eigenvalue weighted by atomic mass is 9.49. The van der Waals surface area contributed by atoms with Crippen molar-refractivity contribution in [2.45, 2.75) is 43.4 Å². The van der Waals surface area contributed by atoms with Crippen LogP contribution in [0.15, 0.2) is 33.6 Å². The molecular weight excluding hydrogens is 400 g/mol. The molecule has 0 aromatic heterocycles. The van der Waals surface area contributed by atoms with Gasteiger partial charge in [0.15, 0.2) is 0 Å². The van der Waals surface area contributed by atoms with Gasteiger partial charge >= 0.3 is 0 Å². The summed E-state index contributed by atoms with van der Waals surface area (Å²) >= 11 is 4.86. The number of thioether (sulfide) groups is 1. The van der Waals surface area contributed by atoms with Crippen LogP contribution in [0.25, 0.3) is 0 Å². The average molecular weight is 423 g/mol.